The first-order chi connectivity index (χ1) is 8.52. The molecule has 0 fully saturated rings. The van der Waals surface area contributed by atoms with E-state index in [-0.39, 0.29) is 0 Å². The summed E-state index contributed by atoms with van der Waals surface area (Å²) in [6.07, 6.45) is 0.324. The molecule has 2 heterocycles. The van der Waals surface area contributed by atoms with Crippen molar-refractivity contribution in [2.75, 3.05) is 23.9 Å². The molecule has 0 spiro atoms. The number of rotatable bonds is 4. The Hall–Kier alpha value is -1.44. The van der Waals surface area contributed by atoms with Gasteiger partial charge in [0.2, 0.25) is 0 Å². The lowest BCUT2D eigenvalue weighted by Gasteiger charge is -2.05. The summed E-state index contributed by atoms with van der Waals surface area (Å²) in [7, 11) is 0. The molecule has 0 bridgehead atoms. The minimum absolute atomic E-state index is 0.325. The van der Waals surface area contributed by atoms with Crippen molar-refractivity contribution >= 4 is 23.1 Å². The van der Waals surface area contributed by atoms with Crippen molar-refractivity contribution in [3.8, 4) is 0 Å². The maximum absolute atomic E-state index is 12.5. The molecule has 0 aliphatic rings. The first-order valence-electron chi connectivity index (χ1n) is 5.17. The van der Waals surface area contributed by atoms with Gasteiger partial charge in [0.1, 0.15) is 5.52 Å². The number of anilines is 1. The summed E-state index contributed by atoms with van der Waals surface area (Å²) in [5.74, 6) is 1.26. The molecule has 0 aliphatic heterocycles. The van der Waals surface area contributed by atoms with Crippen molar-refractivity contribution in [3.63, 3.8) is 0 Å². The number of hydrogen-bond donors (Lipinski definition) is 1. The van der Waals surface area contributed by atoms with Crippen LogP contribution in [-0.4, -0.2) is 33.2 Å². The fraction of sp³-hybridized carbons (Fsp3) is 0.400. The van der Waals surface area contributed by atoms with Crippen molar-refractivity contribution in [3.05, 3.63) is 24.2 Å². The van der Waals surface area contributed by atoms with Gasteiger partial charge in [-0.3, -0.25) is 0 Å². The lowest BCUT2D eigenvalue weighted by Crippen LogP contribution is -2.07. The first-order valence-corrected chi connectivity index (χ1v) is 6.56. The van der Waals surface area contributed by atoms with Crippen LogP contribution in [0.15, 0.2) is 18.5 Å². The third-order valence-electron chi connectivity index (χ3n) is 2.28. The van der Waals surface area contributed by atoms with E-state index in [2.05, 4.69) is 15.4 Å². The maximum Gasteiger partial charge on any atom is 0.435 e. The normalized spacial score (nSPS) is 12.0. The number of halogens is 3. The van der Waals surface area contributed by atoms with E-state index in [1.165, 1.54) is 16.9 Å². The Morgan fingerprint density at radius 2 is 2.22 bits per heavy atom. The highest BCUT2D eigenvalue weighted by Gasteiger charge is 2.34. The summed E-state index contributed by atoms with van der Waals surface area (Å²) < 4.78 is 38.8. The van der Waals surface area contributed by atoms with Crippen LogP contribution in [0.3, 0.4) is 0 Å². The van der Waals surface area contributed by atoms with Gasteiger partial charge in [-0.05, 0) is 6.26 Å². The minimum Gasteiger partial charge on any atom is -0.367 e. The second-order valence-electron chi connectivity index (χ2n) is 3.55. The van der Waals surface area contributed by atoms with Crippen LogP contribution in [0.2, 0.25) is 0 Å². The predicted octanol–water partition coefficient (Wildman–Crippen LogP) is 2.52. The van der Waals surface area contributed by atoms with E-state index in [1.54, 1.807) is 11.8 Å². The standard InChI is InChI=1S/C10H11F3N4S/c1-18-5-3-15-9-7-6-8(10(11,12)13)16-17(7)4-2-14-9/h2,4,6H,3,5H2,1H3,(H,14,15). The topological polar surface area (TPSA) is 42.2 Å². The molecular weight excluding hydrogens is 265 g/mol. The van der Waals surface area contributed by atoms with Crippen LogP contribution in [0.4, 0.5) is 19.0 Å². The molecule has 0 unspecified atom stereocenters. The highest BCUT2D eigenvalue weighted by molar-refractivity contribution is 7.98. The summed E-state index contributed by atoms with van der Waals surface area (Å²) >= 11 is 1.64. The van der Waals surface area contributed by atoms with Gasteiger partial charge in [-0.2, -0.15) is 30.0 Å². The second-order valence-corrected chi connectivity index (χ2v) is 4.54. The lowest BCUT2D eigenvalue weighted by atomic mass is 10.3. The van der Waals surface area contributed by atoms with Crippen LogP contribution in [0, 0.1) is 0 Å². The summed E-state index contributed by atoms with van der Waals surface area (Å²) in [4.78, 5) is 4.03. The van der Waals surface area contributed by atoms with Crippen molar-refractivity contribution in [1.82, 2.24) is 14.6 Å². The SMILES string of the molecule is CSCCNc1nccn2nc(C(F)(F)F)cc12. The summed E-state index contributed by atoms with van der Waals surface area (Å²) in [5.41, 5.74) is -0.589. The van der Waals surface area contributed by atoms with Crippen LogP contribution >= 0.6 is 11.8 Å². The van der Waals surface area contributed by atoms with Crippen LogP contribution < -0.4 is 5.32 Å². The van der Waals surface area contributed by atoms with Crippen LogP contribution in [0.25, 0.3) is 5.52 Å². The Bertz CT molecular complexity index is 537. The molecule has 1 N–H and O–H groups in total. The molecule has 0 saturated heterocycles. The highest BCUT2D eigenvalue weighted by Crippen LogP contribution is 2.29. The van der Waals surface area contributed by atoms with Gasteiger partial charge in [0.05, 0.1) is 0 Å². The average Bonchev–Trinajstić information content (AvgIpc) is 2.73. The van der Waals surface area contributed by atoms with E-state index in [1.807, 2.05) is 6.26 Å². The quantitative estimate of drug-likeness (QED) is 0.871. The van der Waals surface area contributed by atoms with E-state index in [0.29, 0.717) is 17.9 Å². The number of nitrogens with one attached hydrogen (secondary N) is 1. The summed E-state index contributed by atoms with van der Waals surface area (Å²) in [6, 6.07) is 0.994. The number of thioether (sulfide) groups is 1. The fourth-order valence-corrected chi connectivity index (χ4v) is 1.77. The molecule has 0 aromatic carbocycles. The summed E-state index contributed by atoms with van der Waals surface area (Å²) in [5, 5.41) is 6.47. The number of aromatic nitrogens is 3. The van der Waals surface area contributed by atoms with Gasteiger partial charge >= 0.3 is 6.18 Å². The van der Waals surface area contributed by atoms with Gasteiger partial charge in [-0.1, -0.05) is 0 Å². The molecule has 2 aromatic heterocycles. The van der Waals surface area contributed by atoms with E-state index >= 15 is 0 Å². The van der Waals surface area contributed by atoms with E-state index in [9.17, 15) is 13.2 Å². The number of hydrogen-bond acceptors (Lipinski definition) is 4. The summed E-state index contributed by atoms with van der Waals surface area (Å²) in [6.45, 7) is 0.639. The Balaban J connectivity index is 2.33. The van der Waals surface area contributed by atoms with Crippen LogP contribution in [0.1, 0.15) is 5.69 Å². The largest absolute Gasteiger partial charge is 0.435 e. The molecule has 18 heavy (non-hydrogen) atoms. The average molecular weight is 276 g/mol. The Kier molecular flexibility index (Phi) is 3.65. The first kappa shape index (κ1) is 13.0. The predicted molar refractivity (Wildman–Crippen MR) is 64.9 cm³/mol. The molecular formula is C10H11F3N4S. The molecule has 8 heteroatoms. The second kappa shape index (κ2) is 5.05. The number of nitrogens with zero attached hydrogens (tertiary/aromatic N) is 3. The number of alkyl halides is 3. The van der Waals surface area contributed by atoms with Gasteiger partial charge < -0.3 is 5.32 Å². The van der Waals surface area contributed by atoms with E-state index in [0.717, 1.165) is 11.8 Å². The monoisotopic (exact) mass is 276 g/mol. The Morgan fingerprint density at radius 3 is 2.89 bits per heavy atom. The zero-order valence-corrected chi connectivity index (χ0v) is 10.3. The molecule has 0 radical (unpaired) electrons. The molecule has 2 rings (SSSR count). The van der Waals surface area contributed by atoms with Gasteiger partial charge in [0, 0.05) is 30.8 Å². The molecule has 0 aliphatic carbocycles. The van der Waals surface area contributed by atoms with Crippen LogP contribution in [-0.2, 0) is 6.18 Å². The zero-order valence-electron chi connectivity index (χ0n) is 9.53. The van der Waals surface area contributed by atoms with Crippen LogP contribution in [0.5, 0.6) is 0 Å². The Morgan fingerprint density at radius 1 is 1.44 bits per heavy atom. The van der Waals surface area contributed by atoms with E-state index in [4.69, 9.17) is 0 Å². The lowest BCUT2D eigenvalue weighted by molar-refractivity contribution is -0.141. The third kappa shape index (κ3) is 2.69. The molecule has 2 aromatic rings. The van der Waals surface area contributed by atoms with Gasteiger partial charge in [0.25, 0.3) is 0 Å². The van der Waals surface area contributed by atoms with Gasteiger partial charge in [0.15, 0.2) is 11.5 Å². The van der Waals surface area contributed by atoms with Gasteiger partial charge in [-0.25, -0.2) is 9.50 Å². The fourth-order valence-electron chi connectivity index (χ4n) is 1.47. The molecule has 0 atom stereocenters. The molecule has 0 amide bonds. The van der Waals surface area contributed by atoms with Crippen molar-refractivity contribution in [2.45, 2.75) is 6.18 Å². The highest BCUT2D eigenvalue weighted by atomic mass is 32.2. The smallest absolute Gasteiger partial charge is 0.367 e. The Labute approximate surface area is 106 Å². The maximum atomic E-state index is 12.5. The number of fused-ring (bicyclic) bond motifs is 1. The molecule has 98 valence electrons. The zero-order chi connectivity index (χ0) is 13.2. The molecule has 4 nitrogen and oxygen atoms in total. The van der Waals surface area contributed by atoms with Gasteiger partial charge in [-0.15, -0.1) is 0 Å². The van der Waals surface area contributed by atoms with Crippen molar-refractivity contribution in [1.29, 1.82) is 0 Å². The molecule has 0 saturated carbocycles. The minimum atomic E-state index is -4.44. The third-order valence-corrected chi connectivity index (χ3v) is 2.89. The van der Waals surface area contributed by atoms with Crippen molar-refractivity contribution < 1.29 is 13.2 Å². The van der Waals surface area contributed by atoms with E-state index < -0.39 is 11.9 Å². The van der Waals surface area contributed by atoms with Crippen molar-refractivity contribution in [2.24, 2.45) is 0 Å².